The molecule has 0 unspecified atom stereocenters. The van der Waals surface area contributed by atoms with E-state index in [4.69, 9.17) is 0 Å². The third kappa shape index (κ3) is 5.27. The molecule has 13 heavy (non-hydrogen) atoms. The lowest BCUT2D eigenvalue weighted by molar-refractivity contribution is 0.187. The van der Waals surface area contributed by atoms with Crippen LogP contribution in [0.1, 0.15) is 40.0 Å². The van der Waals surface area contributed by atoms with Crippen LogP contribution in [-0.2, 0) is 0 Å². The Kier molecular flexibility index (Phi) is 8.46. The molecule has 0 radical (unpaired) electrons. The Hall–Kier alpha value is -0.0800. The van der Waals surface area contributed by atoms with E-state index in [0.717, 1.165) is 12.6 Å². The van der Waals surface area contributed by atoms with Crippen molar-refractivity contribution in [1.29, 1.82) is 0 Å². The van der Waals surface area contributed by atoms with Gasteiger partial charge in [0.1, 0.15) is 0 Å². The molecular weight excluding hydrogens is 160 g/mol. The maximum atomic E-state index is 3.22. The summed E-state index contributed by atoms with van der Waals surface area (Å²) in [5, 5.41) is 3.22. The maximum Gasteiger partial charge on any atom is 0.0110 e. The molecule has 0 bridgehead atoms. The average Bonchev–Trinajstić information content (AvgIpc) is 2.16. The van der Waals surface area contributed by atoms with E-state index in [2.05, 4.69) is 31.0 Å². The summed E-state index contributed by atoms with van der Waals surface area (Å²) >= 11 is 0. The van der Waals surface area contributed by atoms with Crippen molar-refractivity contribution in [3.63, 3.8) is 0 Å². The Morgan fingerprint density at radius 2 is 1.69 bits per heavy atom. The molecule has 1 N–H and O–H groups in total. The molecule has 0 atom stereocenters. The van der Waals surface area contributed by atoms with Crippen LogP contribution < -0.4 is 5.32 Å². The number of hydrogen-bond acceptors (Lipinski definition) is 2. The van der Waals surface area contributed by atoms with Gasteiger partial charge in [-0.15, -0.1) is 0 Å². The van der Waals surface area contributed by atoms with Crippen molar-refractivity contribution in [2.45, 2.75) is 46.1 Å². The highest BCUT2D eigenvalue weighted by atomic mass is 15.2. The van der Waals surface area contributed by atoms with Crippen LogP contribution in [0.3, 0.4) is 0 Å². The van der Waals surface area contributed by atoms with Gasteiger partial charge >= 0.3 is 0 Å². The average molecular weight is 186 g/mol. The molecule has 0 rings (SSSR count). The van der Waals surface area contributed by atoms with Gasteiger partial charge in [-0.2, -0.15) is 0 Å². The lowest BCUT2D eigenvalue weighted by Gasteiger charge is -2.29. The fourth-order valence-corrected chi connectivity index (χ4v) is 1.82. The van der Waals surface area contributed by atoms with Crippen LogP contribution in [0.15, 0.2) is 0 Å². The van der Waals surface area contributed by atoms with Crippen molar-refractivity contribution in [3.8, 4) is 0 Å². The van der Waals surface area contributed by atoms with E-state index >= 15 is 0 Å². The summed E-state index contributed by atoms with van der Waals surface area (Å²) < 4.78 is 0. The predicted molar refractivity (Wildman–Crippen MR) is 60.2 cm³/mol. The SMILES string of the molecule is CCCN(CCNC)C(CC)CC. The zero-order valence-electron chi connectivity index (χ0n) is 9.77. The molecule has 80 valence electrons. The molecule has 2 heteroatoms. The number of likely N-dealkylation sites (N-methyl/N-ethyl adjacent to an activating group) is 1. The minimum Gasteiger partial charge on any atom is -0.318 e. The molecule has 2 nitrogen and oxygen atoms in total. The quantitative estimate of drug-likeness (QED) is 0.624. The van der Waals surface area contributed by atoms with Crippen molar-refractivity contribution in [1.82, 2.24) is 10.2 Å². The van der Waals surface area contributed by atoms with E-state index in [1.165, 1.54) is 32.4 Å². The summed E-state index contributed by atoms with van der Waals surface area (Å²) in [6, 6.07) is 0.785. The minimum absolute atomic E-state index is 0.785. The normalized spacial score (nSPS) is 11.5. The van der Waals surface area contributed by atoms with Crippen molar-refractivity contribution in [3.05, 3.63) is 0 Å². The van der Waals surface area contributed by atoms with E-state index in [1.807, 2.05) is 7.05 Å². The molecule has 0 aromatic rings. The first-order valence-corrected chi connectivity index (χ1v) is 5.68. The van der Waals surface area contributed by atoms with E-state index in [0.29, 0.717) is 0 Å². The topological polar surface area (TPSA) is 15.3 Å². The van der Waals surface area contributed by atoms with Crippen LogP contribution in [0.25, 0.3) is 0 Å². The molecule has 0 aromatic carbocycles. The van der Waals surface area contributed by atoms with E-state index in [-0.39, 0.29) is 0 Å². The summed E-state index contributed by atoms with van der Waals surface area (Å²) in [5.74, 6) is 0. The van der Waals surface area contributed by atoms with Crippen molar-refractivity contribution in [2.24, 2.45) is 0 Å². The molecule has 0 heterocycles. The van der Waals surface area contributed by atoms with Gasteiger partial charge in [-0.05, 0) is 32.9 Å². The number of rotatable bonds is 8. The first-order chi connectivity index (χ1) is 6.29. The largest absolute Gasteiger partial charge is 0.318 e. The third-order valence-corrected chi connectivity index (χ3v) is 2.62. The van der Waals surface area contributed by atoms with Crippen LogP contribution >= 0.6 is 0 Å². The highest BCUT2D eigenvalue weighted by Gasteiger charge is 2.12. The second-order valence-electron chi connectivity index (χ2n) is 3.61. The van der Waals surface area contributed by atoms with Gasteiger partial charge in [0.2, 0.25) is 0 Å². The van der Waals surface area contributed by atoms with Gasteiger partial charge in [-0.1, -0.05) is 20.8 Å². The lowest BCUT2D eigenvalue weighted by atomic mass is 10.1. The second-order valence-corrected chi connectivity index (χ2v) is 3.61. The van der Waals surface area contributed by atoms with Crippen LogP contribution in [0.5, 0.6) is 0 Å². The highest BCUT2D eigenvalue weighted by molar-refractivity contribution is 4.69. The summed E-state index contributed by atoms with van der Waals surface area (Å²) in [4.78, 5) is 2.61. The Morgan fingerprint density at radius 3 is 2.08 bits per heavy atom. The monoisotopic (exact) mass is 186 g/mol. The minimum atomic E-state index is 0.785. The molecule has 0 aromatic heterocycles. The fraction of sp³-hybridized carbons (Fsp3) is 1.00. The van der Waals surface area contributed by atoms with Gasteiger partial charge in [0, 0.05) is 19.1 Å². The number of hydrogen-bond donors (Lipinski definition) is 1. The molecular formula is C11H26N2. The molecule has 0 saturated carbocycles. The molecule has 0 saturated heterocycles. The Labute approximate surface area is 83.7 Å². The number of nitrogens with one attached hydrogen (secondary N) is 1. The smallest absolute Gasteiger partial charge is 0.0110 e. The zero-order chi connectivity index (χ0) is 10.1. The van der Waals surface area contributed by atoms with Crippen molar-refractivity contribution < 1.29 is 0 Å². The van der Waals surface area contributed by atoms with Gasteiger partial charge in [-0.25, -0.2) is 0 Å². The Bertz CT molecular complexity index is 100. The Balaban J connectivity index is 3.88. The molecule has 0 aliphatic heterocycles. The van der Waals surface area contributed by atoms with Gasteiger partial charge in [0.25, 0.3) is 0 Å². The second kappa shape index (κ2) is 8.52. The number of nitrogens with zero attached hydrogens (tertiary/aromatic N) is 1. The summed E-state index contributed by atoms with van der Waals surface area (Å²) in [7, 11) is 2.02. The zero-order valence-corrected chi connectivity index (χ0v) is 9.77. The molecule has 0 amide bonds. The van der Waals surface area contributed by atoms with E-state index in [1.54, 1.807) is 0 Å². The van der Waals surface area contributed by atoms with Gasteiger partial charge < -0.3 is 5.32 Å². The Morgan fingerprint density at radius 1 is 1.08 bits per heavy atom. The third-order valence-electron chi connectivity index (χ3n) is 2.62. The van der Waals surface area contributed by atoms with Crippen molar-refractivity contribution >= 4 is 0 Å². The van der Waals surface area contributed by atoms with Crippen LogP contribution in [0.4, 0.5) is 0 Å². The van der Waals surface area contributed by atoms with Crippen molar-refractivity contribution in [2.75, 3.05) is 26.7 Å². The first-order valence-electron chi connectivity index (χ1n) is 5.68. The summed E-state index contributed by atoms with van der Waals surface area (Å²) in [6.07, 6.45) is 3.82. The molecule has 0 fully saturated rings. The maximum absolute atomic E-state index is 3.22. The van der Waals surface area contributed by atoms with Crippen LogP contribution in [0, 0.1) is 0 Å². The molecule has 0 spiro atoms. The first kappa shape index (κ1) is 12.9. The van der Waals surface area contributed by atoms with Gasteiger partial charge in [-0.3, -0.25) is 4.90 Å². The van der Waals surface area contributed by atoms with Gasteiger partial charge in [0.15, 0.2) is 0 Å². The van der Waals surface area contributed by atoms with Crippen LogP contribution in [-0.4, -0.2) is 37.6 Å². The van der Waals surface area contributed by atoms with E-state index in [9.17, 15) is 0 Å². The molecule has 0 aliphatic rings. The summed E-state index contributed by atoms with van der Waals surface area (Å²) in [5.41, 5.74) is 0. The van der Waals surface area contributed by atoms with E-state index < -0.39 is 0 Å². The highest BCUT2D eigenvalue weighted by Crippen LogP contribution is 2.08. The lowest BCUT2D eigenvalue weighted by Crippen LogP contribution is -2.39. The van der Waals surface area contributed by atoms with Gasteiger partial charge in [0.05, 0.1) is 0 Å². The fourth-order valence-electron chi connectivity index (χ4n) is 1.82. The molecule has 0 aliphatic carbocycles. The van der Waals surface area contributed by atoms with Crippen LogP contribution in [0.2, 0.25) is 0 Å². The summed E-state index contributed by atoms with van der Waals surface area (Å²) in [6.45, 7) is 10.4. The standard InChI is InChI=1S/C11H26N2/c1-5-9-13(10-8-12-4)11(6-2)7-3/h11-12H,5-10H2,1-4H3. The predicted octanol–water partition coefficient (Wildman–Crippen LogP) is 2.11.